The van der Waals surface area contributed by atoms with Crippen molar-refractivity contribution in [2.45, 2.75) is 33.4 Å². The van der Waals surface area contributed by atoms with Crippen LogP contribution in [0.25, 0.3) is 0 Å². The molecule has 2 aliphatic heterocycles. The molecule has 1 unspecified atom stereocenters. The van der Waals surface area contributed by atoms with E-state index in [1.165, 1.54) is 11.1 Å². The topological polar surface area (TPSA) is 38.8 Å². The molecule has 2 aliphatic rings. The molecule has 0 aliphatic carbocycles. The number of carbonyl (C=O) groups is 1. The van der Waals surface area contributed by atoms with Crippen LogP contribution in [0.1, 0.15) is 31.4 Å². The number of hydrogen-bond donors (Lipinski definition) is 1. The van der Waals surface area contributed by atoms with E-state index >= 15 is 0 Å². The van der Waals surface area contributed by atoms with Gasteiger partial charge in [0.25, 0.3) is 0 Å². The Kier molecular flexibility index (Phi) is 6.32. The lowest BCUT2D eigenvalue weighted by molar-refractivity contribution is 0.131. The van der Waals surface area contributed by atoms with Gasteiger partial charge in [0.05, 0.1) is 0 Å². The van der Waals surface area contributed by atoms with Gasteiger partial charge in [0.2, 0.25) is 0 Å². The number of benzene rings is 1. The van der Waals surface area contributed by atoms with Crippen LogP contribution in [0.2, 0.25) is 0 Å². The number of nitrogens with one attached hydrogen (secondary N) is 1. The summed E-state index contributed by atoms with van der Waals surface area (Å²) in [6.07, 6.45) is 1.12. The molecule has 138 valence electrons. The van der Waals surface area contributed by atoms with Gasteiger partial charge < -0.3 is 15.1 Å². The van der Waals surface area contributed by atoms with E-state index in [1.807, 2.05) is 4.90 Å². The Hall–Kier alpha value is -1.59. The number of hydrogen-bond acceptors (Lipinski definition) is 3. The van der Waals surface area contributed by atoms with Crippen LogP contribution in [0, 0.1) is 5.92 Å². The summed E-state index contributed by atoms with van der Waals surface area (Å²) in [6.45, 7) is 13.5. The van der Waals surface area contributed by atoms with E-state index in [2.05, 4.69) is 53.2 Å². The molecular formula is C20H32N4O. The molecule has 1 aromatic rings. The van der Waals surface area contributed by atoms with Crippen LogP contribution in [0.15, 0.2) is 24.3 Å². The number of rotatable bonds is 5. The number of likely N-dealkylation sites (tertiary alicyclic amines) is 1. The van der Waals surface area contributed by atoms with Crippen molar-refractivity contribution < 1.29 is 4.79 Å². The van der Waals surface area contributed by atoms with E-state index in [-0.39, 0.29) is 6.03 Å². The van der Waals surface area contributed by atoms with Crippen LogP contribution in [-0.2, 0) is 13.1 Å². The Morgan fingerprint density at radius 1 is 1.08 bits per heavy atom. The highest BCUT2D eigenvalue weighted by Gasteiger charge is 2.23. The molecule has 1 aromatic carbocycles. The van der Waals surface area contributed by atoms with E-state index in [0.29, 0.717) is 12.5 Å². The summed E-state index contributed by atoms with van der Waals surface area (Å²) in [5.74, 6) is 0.625. The predicted molar refractivity (Wildman–Crippen MR) is 101 cm³/mol. The number of likely N-dealkylation sites (N-methyl/N-ethyl adjacent to an activating group) is 1. The van der Waals surface area contributed by atoms with Gasteiger partial charge in [-0.15, -0.1) is 0 Å². The second kappa shape index (κ2) is 8.68. The third kappa shape index (κ3) is 4.95. The Bertz CT molecular complexity index is 569. The van der Waals surface area contributed by atoms with Gasteiger partial charge in [-0.25, -0.2) is 4.79 Å². The van der Waals surface area contributed by atoms with Crippen LogP contribution in [0.3, 0.4) is 0 Å². The smallest absolute Gasteiger partial charge is 0.317 e. The zero-order valence-corrected chi connectivity index (χ0v) is 15.7. The summed E-state index contributed by atoms with van der Waals surface area (Å²) in [5, 5.41) is 3.12. The minimum atomic E-state index is 0.0794. The summed E-state index contributed by atoms with van der Waals surface area (Å²) in [4.78, 5) is 19.3. The lowest BCUT2D eigenvalue weighted by Gasteiger charge is -2.34. The van der Waals surface area contributed by atoms with Gasteiger partial charge >= 0.3 is 6.03 Å². The fourth-order valence-electron chi connectivity index (χ4n) is 3.79. The molecule has 2 fully saturated rings. The lowest BCUT2D eigenvalue weighted by Crippen LogP contribution is -2.45. The van der Waals surface area contributed by atoms with Gasteiger partial charge in [-0.05, 0) is 30.0 Å². The highest BCUT2D eigenvalue weighted by molar-refractivity contribution is 5.74. The molecule has 1 N–H and O–H groups in total. The van der Waals surface area contributed by atoms with Gasteiger partial charge in [-0.1, -0.05) is 38.1 Å². The largest absolute Gasteiger partial charge is 0.334 e. The standard InChI is InChI=1S/C20H32N4O/c1-3-22-10-12-23(13-11-22)16-19-7-5-4-6-18(19)14-21-20(25)24-9-8-17(2)15-24/h4-7,17H,3,8-16H2,1-2H3,(H,21,25). The van der Waals surface area contributed by atoms with Crippen molar-refractivity contribution in [2.75, 3.05) is 45.8 Å². The highest BCUT2D eigenvalue weighted by Crippen LogP contribution is 2.16. The summed E-state index contributed by atoms with van der Waals surface area (Å²) in [7, 11) is 0. The molecule has 0 aromatic heterocycles. The lowest BCUT2D eigenvalue weighted by atomic mass is 10.1. The Morgan fingerprint density at radius 3 is 2.40 bits per heavy atom. The molecule has 0 saturated carbocycles. The van der Waals surface area contributed by atoms with Gasteiger partial charge in [-0.3, -0.25) is 4.90 Å². The second-order valence-electron chi connectivity index (χ2n) is 7.48. The van der Waals surface area contributed by atoms with Crippen LogP contribution < -0.4 is 5.32 Å². The van der Waals surface area contributed by atoms with E-state index in [1.54, 1.807) is 0 Å². The molecule has 2 saturated heterocycles. The molecule has 2 amide bonds. The first-order valence-electron chi connectivity index (χ1n) is 9.70. The van der Waals surface area contributed by atoms with Gasteiger partial charge in [0.15, 0.2) is 0 Å². The van der Waals surface area contributed by atoms with Crippen molar-refractivity contribution in [2.24, 2.45) is 5.92 Å². The maximum absolute atomic E-state index is 12.3. The minimum absolute atomic E-state index is 0.0794. The Morgan fingerprint density at radius 2 is 1.76 bits per heavy atom. The number of piperazine rings is 1. The van der Waals surface area contributed by atoms with Crippen molar-refractivity contribution in [3.63, 3.8) is 0 Å². The Balaban J connectivity index is 1.53. The molecule has 5 nitrogen and oxygen atoms in total. The van der Waals surface area contributed by atoms with Crippen molar-refractivity contribution in [3.05, 3.63) is 35.4 Å². The molecule has 0 radical (unpaired) electrons. The quantitative estimate of drug-likeness (QED) is 0.891. The van der Waals surface area contributed by atoms with Crippen molar-refractivity contribution in [1.29, 1.82) is 0 Å². The van der Waals surface area contributed by atoms with E-state index < -0.39 is 0 Å². The van der Waals surface area contributed by atoms with Crippen LogP contribution >= 0.6 is 0 Å². The summed E-state index contributed by atoms with van der Waals surface area (Å²) in [5.41, 5.74) is 2.57. The summed E-state index contributed by atoms with van der Waals surface area (Å²) < 4.78 is 0. The number of urea groups is 1. The first kappa shape index (κ1) is 18.2. The maximum Gasteiger partial charge on any atom is 0.317 e. The van der Waals surface area contributed by atoms with Gasteiger partial charge in [0, 0.05) is 52.4 Å². The molecule has 2 heterocycles. The van der Waals surface area contributed by atoms with Crippen molar-refractivity contribution in [3.8, 4) is 0 Å². The number of carbonyl (C=O) groups excluding carboxylic acids is 1. The molecule has 3 rings (SSSR count). The molecule has 25 heavy (non-hydrogen) atoms. The second-order valence-corrected chi connectivity index (χ2v) is 7.48. The monoisotopic (exact) mass is 344 g/mol. The third-order valence-corrected chi connectivity index (χ3v) is 5.57. The molecule has 0 spiro atoms. The van der Waals surface area contributed by atoms with Crippen molar-refractivity contribution in [1.82, 2.24) is 20.0 Å². The predicted octanol–water partition coefficient (Wildman–Crippen LogP) is 2.38. The van der Waals surface area contributed by atoms with Crippen LogP contribution in [0.5, 0.6) is 0 Å². The minimum Gasteiger partial charge on any atom is -0.334 e. The third-order valence-electron chi connectivity index (χ3n) is 5.57. The fraction of sp³-hybridized carbons (Fsp3) is 0.650. The first-order valence-corrected chi connectivity index (χ1v) is 9.70. The number of amides is 2. The van der Waals surface area contributed by atoms with E-state index in [0.717, 1.165) is 58.8 Å². The zero-order valence-electron chi connectivity index (χ0n) is 15.7. The normalized spacial score (nSPS) is 22.3. The van der Waals surface area contributed by atoms with Crippen LogP contribution in [-0.4, -0.2) is 66.5 Å². The fourth-order valence-corrected chi connectivity index (χ4v) is 3.79. The average molecular weight is 345 g/mol. The maximum atomic E-state index is 12.3. The highest BCUT2D eigenvalue weighted by atomic mass is 16.2. The molecule has 0 bridgehead atoms. The Labute approximate surface area is 152 Å². The first-order chi connectivity index (χ1) is 12.2. The summed E-state index contributed by atoms with van der Waals surface area (Å²) >= 11 is 0. The molecule has 1 atom stereocenters. The zero-order chi connectivity index (χ0) is 17.6. The van der Waals surface area contributed by atoms with Crippen molar-refractivity contribution >= 4 is 6.03 Å². The van der Waals surface area contributed by atoms with E-state index in [4.69, 9.17) is 0 Å². The van der Waals surface area contributed by atoms with Gasteiger partial charge in [0.1, 0.15) is 0 Å². The average Bonchev–Trinajstić information content (AvgIpc) is 3.08. The SMILES string of the molecule is CCN1CCN(Cc2ccccc2CNC(=O)N2CCC(C)C2)CC1. The summed E-state index contributed by atoms with van der Waals surface area (Å²) in [6, 6.07) is 8.59. The molecule has 5 heteroatoms. The molecular weight excluding hydrogens is 312 g/mol. The van der Waals surface area contributed by atoms with Gasteiger partial charge in [-0.2, -0.15) is 0 Å². The van der Waals surface area contributed by atoms with E-state index in [9.17, 15) is 4.79 Å². The van der Waals surface area contributed by atoms with Crippen LogP contribution in [0.4, 0.5) is 4.79 Å². The number of nitrogens with zero attached hydrogens (tertiary/aromatic N) is 3.